The number of aliphatic imine (C=N–C) groups is 2. The van der Waals surface area contributed by atoms with E-state index < -0.39 is 34.3 Å². The highest BCUT2D eigenvalue weighted by Crippen LogP contribution is 2.42. The monoisotopic (exact) mass is 538 g/mol. The minimum absolute atomic E-state index is 0.146. The Morgan fingerprint density at radius 3 is 1.20 bits per heavy atom. The molecular weight excluding hydrogens is 516 g/mol. The Labute approximate surface area is 225 Å². The van der Waals surface area contributed by atoms with Crippen LogP contribution in [0.3, 0.4) is 0 Å². The van der Waals surface area contributed by atoms with E-state index in [2.05, 4.69) is 0 Å². The molecule has 0 fully saturated rings. The van der Waals surface area contributed by atoms with Gasteiger partial charge in [0.05, 0.1) is 22.8 Å². The van der Waals surface area contributed by atoms with Crippen molar-refractivity contribution in [2.75, 3.05) is 0 Å². The van der Waals surface area contributed by atoms with E-state index in [4.69, 9.17) is 9.98 Å². The summed E-state index contributed by atoms with van der Waals surface area (Å²) in [6, 6.07) is 14.2. The maximum absolute atomic E-state index is 13.2. The average molecular weight is 539 g/mol. The fourth-order valence-electron chi connectivity index (χ4n) is 5.08. The van der Waals surface area contributed by atoms with E-state index in [1.807, 2.05) is 0 Å². The lowest BCUT2D eigenvalue weighted by molar-refractivity contribution is 0.410. The topological polar surface area (TPSA) is 153 Å². The van der Waals surface area contributed by atoms with Gasteiger partial charge in [0, 0.05) is 50.4 Å². The molecule has 0 amide bonds. The summed E-state index contributed by atoms with van der Waals surface area (Å²) in [5.74, 6) is -1.05. The van der Waals surface area contributed by atoms with E-state index in [9.17, 15) is 29.4 Å². The highest BCUT2D eigenvalue weighted by Gasteiger charge is 2.34. The van der Waals surface area contributed by atoms with Crippen LogP contribution in [0, 0.1) is 0 Å². The highest BCUT2D eigenvalue weighted by molar-refractivity contribution is 6.27. The third-order valence-corrected chi connectivity index (χ3v) is 7.29. The van der Waals surface area contributed by atoms with Crippen molar-refractivity contribution >= 4 is 22.8 Å². The lowest BCUT2D eigenvalue weighted by Gasteiger charge is -2.10. The zero-order valence-corrected chi connectivity index (χ0v) is 21.8. The van der Waals surface area contributed by atoms with Gasteiger partial charge in [0.25, 0.3) is 11.1 Å². The Morgan fingerprint density at radius 2 is 0.850 bits per heavy atom. The third-order valence-electron chi connectivity index (χ3n) is 7.29. The van der Waals surface area contributed by atoms with Gasteiger partial charge in [0.1, 0.15) is 11.1 Å². The Kier molecular flexibility index (Phi) is 5.27. The Morgan fingerprint density at radius 1 is 0.525 bits per heavy atom. The summed E-state index contributed by atoms with van der Waals surface area (Å²) >= 11 is 0. The first-order chi connectivity index (χ1) is 19.0. The third kappa shape index (κ3) is 3.19. The van der Waals surface area contributed by atoms with Crippen LogP contribution in [0.1, 0.15) is 33.4 Å². The fraction of sp³-hybridized carbons (Fsp3) is 0.143. The van der Waals surface area contributed by atoms with E-state index in [1.54, 1.807) is 48.5 Å². The van der Waals surface area contributed by atoms with Crippen molar-refractivity contribution in [1.29, 1.82) is 0 Å². The molecule has 2 aliphatic rings. The standard InChI is InChI=1S/C28H22N6O6/c1-31-23(35)17(24(36)32(2)27(31)39)19-13-9-5-7-11-15(13)21(29-19)22-16-12-8-6-10-14(16)20(30-22)18-25(37)33(3)28(40)34(4)26(18)38/h5-12,35,37H,1-4H3. The van der Waals surface area contributed by atoms with Gasteiger partial charge in [-0.25, -0.2) is 19.6 Å². The SMILES string of the molecule is Cn1c(O)c(C2=NC(=C3N=C(c4c(O)n(C)c(=O)n(C)c4=O)c4ccccc43)c3ccccc32)c(=O)n(C)c1=O. The van der Waals surface area contributed by atoms with Crippen LogP contribution in [-0.2, 0) is 28.2 Å². The molecule has 4 heterocycles. The summed E-state index contributed by atoms with van der Waals surface area (Å²) in [4.78, 5) is 60.6. The maximum atomic E-state index is 13.2. The van der Waals surface area contributed by atoms with Crippen molar-refractivity contribution in [2.24, 2.45) is 38.2 Å². The number of rotatable bonds is 2. The van der Waals surface area contributed by atoms with Gasteiger partial charge >= 0.3 is 11.4 Å². The lowest BCUT2D eigenvalue weighted by Crippen LogP contribution is -2.40. The molecule has 0 saturated heterocycles. The minimum Gasteiger partial charge on any atom is -0.494 e. The lowest BCUT2D eigenvalue weighted by atomic mass is 9.97. The van der Waals surface area contributed by atoms with Gasteiger partial charge in [-0.15, -0.1) is 0 Å². The molecule has 0 saturated carbocycles. The maximum Gasteiger partial charge on any atom is 0.333 e. The van der Waals surface area contributed by atoms with Crippen LogP contribution in [0.2, 0.25) is 0 Å². The molecule has 0 radical (unpaired) electrons. The van der Waals surface area contributed by atoms with Gasteiger partial charge in [-0.2, -0.15) is 0 Å². The number of hydrogen-bond acceptors (Lipinski definition) is 8. The van der Waals surface area contributed by atoms with Gasteiger partial charge < -0.3 is 10.2 Å². The molecule has 4 aromatic rings. The minimum atomic E-state index is -0.713. The normalized spacial score (nSPS) is 15.6. The van der Waals surface area contributed by atoms with Crippen LogP contribution >= 0.6 is 0 Å². The predicted octanol–water partition coefficient (Wildman–Crippen LogP) is 0.420. The molecule has 0 spiro atoms. The second kappa shape index (κ2) is 8.50. The molecule has 6 rings (SSSR count). The van der Waals surface area contributed by atoms with Crippen LogP contribution in [-0.4, -0.2) is 39.9 Å². The van der Waals surface area contributed by atoms with Crippen LogP contribution in [0.25, 0.3) is 11.4 Å². The first-order valence-corrected chi connectivity index (χ1v) is 12.1. The Hall–Kier alpha value is -5.52. The summed E-state index contributed by atoms with van der Waals surface area (Å²) in [6.45, 7) is 0. The molecule has 2 N–H and O–H groups in total. The number of fused-ring (bicyclic) bond motifs is 2. The van der Waals surface area contributed by atoms with Crippen molar-refractivity contribution in [3.8, 4) is 11.8 Å². The van der Waals surface area contributed by atoms with Crippen molar-refractivity contribution < 1.29 is 10.2 Å². The zero-order chi connectivity index (χ0) is 28.6. The Balaban J connectivity index is 1.71. The summed E-state index contributed by atoms with van der Waals surface area (Å²) in [5.41, 5.74) is 0.266. The van der Waals surface area contributed by atoms with Gasteiger partial charge in [-0.1, -0.05) is 48.5 Å². The van der Waals surface area contributed by atoms with E-state index in [0.717, 1.165) is 18.3 Å². The average Bonchev–Trinajstić information content (AvgIpc) is 3.52. The summed E-state index contributed by atoms with van der Waals surface area (Å²) in [5, 5.41) is 21.7. The quantitative estimate of drug-likeness (QED) is 0.377. The van der Waals surface area contributed by atoms with Crippen molar-refractivity contribution in [3.63, 3.8) is 0 Å². The van der Waals surface area contributed by atoms with Gasteiger partial charge in [0.15, 0.2) is 0 Å². The number of nitrogens with zero attached hydrogens (tertiary/aromatic N) is 6. The first-order valence-electron chi connectivity index (χ1n) is 12.1. The van der Waals surface area contributed by atoms with E-state index >= 15 is 0 Å². The number of aromatic nitrogens is 4. The molecule has 0 unspecified atom stereocenters. The molecule has 2 aromatic heterocycles. The zero-order valence-electron chi connectivity index (χ0n) is 21.8. The predicted molar refractivity (Wildman–Crippen MR) is 148 cm³/mol. The molecule has 40 heavy (non-hydrogen) atoms. The van der Waals surface area contributed by atoms with Crippen molar-refractivity contribution in [1.82, 2.24) is 18.3 Å². The molecule has 12 nitrogen and oxygen atoms in total. The number of hydrogen-bond donors (Lipinski definition) is 2. The molecule has 0 atom stereocenters. The summed E-state index contributed by atoms with van der Waals surface area (Å²) in [7, 11) is 5.34. The molecule has 0 aliphatic carbocycles. The molecular formula is C28H22N6O6. The highest BCUT2D eigenvalue weighted by atomic mass is 16.3. The fourth-order valence-corrected chi connectivity index (χ4v) is 5.08. The van der Waals surface area contributed by atoms with Crippen LogP contribution in [0.15, 0.2) is 77.7 Å². The summed E-state index contributed by atoms with van der Waals surface area (Å²) in [6.07, 6.45) is 0. The van der Waals surface area contributed by atoms with Crippen LogP contribution in [0.5, 0.6) is 11.8 Å². The molecule has 12 heteroatoms. The van der Waals surface area contributed by atoms with Gasteiger partial charge in [-0.05, 0) is 0 Å². The molecule has 0 bridgehead atoms. The number of aromatic hydroxyl groups is 2. The molecule has 200 valence electrons. The van der Waals surface area contributed by atoms with E-state index in [1.165, 1.54) is 28.2 Å². The smallest absolute Gasteiger partial charge is 0.333 e. The van der Waals surface area contributed by atoms with Crippen molar-refractivity contribution in [2.45, 2.75) is 0 Å². The second-order valence-corrected chi connectivity index (χ2v) is 9.52. The molecule has 2 aliphatic heterocycles. The van der Waals surface area contributed by atoms with Gasteiger partial charge in [-0.3, -0.25) is 27.9 Å². The van der Waals surface area contributed by atoms with E-state index in [0.29, 0.717) is 33.6 Å². The first kappa shape index (κ1) is 24.8. The summed E-state index contributed by atoms with van der Waals surface area (Å²) < 4.78 is 3.72. The van der Waals surface area contributed by atoms with Gasteiger partial charge in [0.2, 0.25) is 11.8 Å². The van der Waals surface area contributed by atoms with Crippen LogP contribution in [0.4, 0.5) is 0 Å². The largest absolute Gasteiger partial charge is 0.494 e. The van der Waals surface area contributed by atoms with E-state index in [-0.39, 0.29) is 22.6 Å². The molecule has 2 aromatic carbocycles. The number of benzene rings is 2. The Bertz CT molecular complexity index is 2000. The van der Waals surface area contributed by atoms with Crippen molar-refractivity contribution in [3.05, 3.63) is 124 Å². The van der Waals surface area contributed by atoms with Crippen LogP contribution < -0.4 is 22.5 Å². The second-order valence-electron chi connectivity index (χ2n) is 9.52.